The second kappa shape index (κ2) is 4.94. The third-order valence-corrected chi connectivity index (χ3v) is 3.12. The molecule has 3 rings (SSSR count). The summed E-state index contributed by atoms with van der Waals surface area (Å²) in [6.07, 6.45) is 5.76. The minimum atomic E-state index is 0.694. The summed E-state index contributed by atoms with van der Waals surface area (Å²) in [6.45, 7) is 0. The van der Waals surface area contributed by atoms with Crippen molar-refractivity contribution in [1.82, 2.24) is 4.98 Å². The zero-order valence-corrected chi connectivity index (χ0v) is 10.5. The summed E-state index contributed by atoms with van der Waals surface area (Å²) in [5, 5.41) is 2.47. The number of fused-ring (bicyclic) bond motifs is 1. The first kappa shape index (κ1) is 11.5. The number of nitrogens with two attached hydrogens (primary N) is 1. The van der Waals surface area contributed by atoms with Crippen molar-refractivity contribution in [2.75, 3.05) is 5.73 Å². The van der Waals surface area contributed by atoms with Gasteiger partial charge in [-0.25, -0.2) is 0 Å². The Hall–Kier alpha value is -2.61. The monoisotopic (exact) mass is 246 g/mol. The van der Waals surface area contributed by atoms with Crippen LogP contribution in [-0.2, 0) is 0 Å². The third-order valence-electron chi connectivity index (χ3n) is 3.12. The van der Waals surface area contributed by atoms with E-state index in [1.807, 2.05) is 24.3 Å². The fraction of sp³-hybridized carbons (Fsp3) is 0. The molecule has 0 atom stereocenters. The van der Waals surface area contributed by atoms with E-state index in [9.17, 15) is 0 Å². The lowest BCUT2D eigenvalue weighted by molar-refractivity contribution is 1.30. The van der Waals surface area contributed by atoms with E-state index in [4.69, 9.17) is 5.73 Å². The molecule has 2 aromatic carbocycles. The van der Waals surface area contributed by atoms with Crippen molar-refractivity contribution < 1.29 is 0 Å². The fourth-order valence-corrected chi connectivity index (χ4v) is 2.13. The molecule has 0 saturated carbocycles. The van der Waals surface area contributed by atoms with Crippen molar-refractivity contribution in [2.45, 2.75) is 0 Å². The number of rotatable bonds is 2. The van der Waals surface area contributed by atoms with Crippen LogP contribution in [0.4, 0.5) is 5.69 Å². The van der Waals surface area contributed by atoms with Crippen LogP contribution in [0, 0.1) is 0 Å². The van der Waals surface area contributed by atoms with E-state index in [1.54, 1.807) is 6.20 Å². The summed E-state index contributed by atoms with van der Waals surface area (Å²) in [7, 11) is 0. The van der Waals surface area contributed by atoms with Crippen LogP contribution in [0.25, 0.3) is 22.9 Å². The number of nitrogen functional groups attached to an aromatic ring is 1. The molecule has 0 aliphatic heterocycles. The van der Waals surface area contributed by atoms with Gasteiger partial charge in [0.1, 0.15) is 0 Å². The number of pyridine rings is 1. The molecule has 0 radical (unpaired) electrons. The summed E-state index contributed by atoms with van der Waals surface area (Å²) in [4.78, 5) is 4.26. The molecule has 1 aromatic heterocycles. The minimum absolute atomic E-state index is 0.694. The molecule has 19 heavy (non-hydrogen) atoms. The predicted molar refractivity (Wildman–Crippen MR) is 81.5 cm³/mol. The van der Waals surface area contributed by atoms with E-state index in [0.717, 1.165) is 5.69 Å². The highest BCUT2D eigenvalue weighted by Gasteiger charge is 1.98. The van der Waals surface area contributed by atoms with Gasteiger partial charge >= 0.3 is 0 Å². The lowest BCUT2D eigenvalue weighted by Gasteiger charge is -2.02. The molecule has 0 fully saturated rings. The SMILES string of the molecule is Nc1cccnc1C=Cc1cccc2ccccc12. The van der Waals surface area contributed by atoms with Gasteiger partial charge < -0.3 is 5.73 Å². The van der Waals surface area contributed by atoms with Gasteiger partial charge in [-0.2, -0.15) is 0 Å². The Kier molecular flexibility index (Phi) is 2.99. The van der Waals surface area contributed by atoms with Crippen LogP contribution < -0.4 is 5.73 Å². The first-order valence-corrected chi connectivity index (χ1v) is 6.21. The number of aromatic nitrogens is 1. The van der Waals surface area contributed by atoms with Crippen molar-refractivity contribution >= 4 is 28.6 Å². The molecular formula is C17H14N2. The number of nitrogens with zero attached hydrogens (tertiary/aromatic N) is 1. The summed E-state index contributed by atoms with van der Waals surface area (Å²) in [5.74, 6) is 0. The van der Waals surface area contributed by atoms with Gasteiger partial charge in [-0.15, -0.1) is 0 Å². The van der Waals surface area contributed by atoms with Gasteiger partial charge in [0.05, 0.1) is 11.4 Å². The van der Waals surface area contributed by atoms with E-state index in [0.29, 0.717) is 5.69 Å². The van der Waals surface area contributed by atoms with Crippen LogP contribution in [0.3, 0.4) is 0 Å². The Morgan fingerprint density at radius 1 is 0.842 bits per heavy atom. The van der Waals surface area contributed by atoms with Crippen molar-refractivity contribution in [3.05, 3.63) is 72.1 Å². The minimum Gasteiger partial charge on any atom is -0.397 e. The molecule has 1 heterocycles. The summed E-state index contributed by atoms with van der Waals surface area (Å²) < 4.78 is 0. The Bertz CT molecular complexity index is 740. The number of benzene rings is 2. The molecule has 0 saturated heterocycles. The normalized spacial score (nSPS) is 11.2. The van der Waals surface area contributed by atoms with Gasteiger partial charge in [-0.1, -0.05) is 48.5 Å². The zero-order valence-electron chi connectivity index (χ0n) is 10.5. The highest BCUT2D eigenvalue weighted by Crippen LogP contribution is 2.21. The van der Waals surface area contributed by atoms with Crippen LogP contribution >= 0.6 is 0 Å². The first-order valence-electron chi connectivity index (χ1n) is 6.21. The van der Waals surface area contributed by atoms with Crippen LogP contribution in [0.15, 0.2) is 60.8 Å². The van der Waals surface area contributed by atoms with E-state index in [2.05, 4.69) is 47.5 Å². The van der Waals surface area contributed by atoms with E-state index in [-0.39, 0.29) is 0 Å². The van der Waals surface area contributed by atoms with E-state index in [1.165, 1.54) is 16.3 Å². The number of hydrogen-bond acceptors (Lipinski definition) is 2. The summed E-state index contributed by atoms with van der Waals surface area (Å²) in [5.41, 5.74) is 8.55. The van der Waals surface area contributed by atoms with Gasteiger partial charge in [0.2, 0.25) is 0 Å². The largest absolute Gasteiger partial charge is 0.397 e. The maximum atomic E-state index is 5.88. The molecule has 92 valence electrons. The van der Waals surface area contributed by atoms with Crippen molar-refractivity contribution in [3.8, 4) is 0 Å². The lowest BCUT2D eigenvalue weighted by Crippen LogP contribution is -1.90. The van der Waals surface area contributed by atoms with Crippen molar-refractivity contribution in [1.29, 1.82) is 0 Å². The van der Waals surface area contributed by atoms with Gasteiger partial charge in [0.15, 0.2) is 0 Å². The van der Waals surface area contributed by atoms with E-state index < -0.39 is 0 Å². The topological polar surface area (TPSA) is 38.9 Å². The lowest BCUT2D eigenvalue weighted by atomic mass is 10.0. The van der Waals surface area contributed by atoms with E-state index >= 15 is 0 Å². The highest BCUT2D eigenvalue weighted by molar-refractivity contribution is 5.93. The first-order chi connectivity index (χ1) is 9.34. The van der Waals surface area contributed by atoms with Crippen LogP contribution in [-0.4, -0.2) is 4.98 Å². The number of hydrogen-bond donors (Lipinski definition) is 1. The van der Waals surface area contributed by atoms with Gasteiger partial charge in [0, 0.05) is 6.20 Å². The second-order valence-electron chi connectivity index (χ2n) is 4.38. The molecule has 0 bridgehead atoms. The second-order valence-corrected chi connectivity index (χ2v) is 4.38. The average molecular weight is 246 g/mol. The molecule has 0 aliphatic carbocycles. The molecule has 2 nitrogen and oxygen atoms in total. The standard InChI is InChI=1S/C17H14N2/c18-16-9-4-12-19-17(16)11-10-14-7-3-6-13-5-1-2-8-15(13)14/h1-12H,18H2. The molecule has 0 spiro atoms. The quantitative estimate of drug-likeness (QED) is 0.742. The molecule has 0 amide bonds. The predicted octanol–water partition coefficient (Wildman–Crippen LogP) is 3.99. The molecule has 2 heteroatoms. The molecule has 0 unspecified atom stereocenters. The summed E-state index contributed by atoms with van der Waals surface area (Å²) >= 11 is 0. The Balaban J connectivity index is 2.04. The highest BCUT2D eigenvalue weighted by atomic mass is 14.7. The van der Waals surface area contributed by atoms with Crippen molar-refractivity contribution in [3.63, 3.8) is 0 Å². The Labute approximate surface area is 112 Å². The molecule has 0 aliphatic rings. The maximum absolute atomic E-state index is 5.88. The number of anilines is 1. The van der Waals surface area contributed by atoms with Gasteiger partial charge in [-0.3, -0.25) is 4.98 Å². The van der Waals surface area contributed by atoms with Gasteiger partial charge in [0.25, 0.3) is 0 Å². The van der Waals surface area contributed by atoms with Crippen molar-refractivity contribution in [2.24, 2.45) is 0 Å². The maximum Gasteiger partial charge on any atom is 0.0859 e. The Morgan fingerprint density at radius 3 is 2.58 bits per heavy atom. The Morgan fingerprint density at radius 2 is 1.68 bits per heavy atom. The van der Waals surface area contributed by atoms with Crippen LogP contribution in [0.2, 0.25) is 0 Å². The molecule has 3 aromatic rings. The third kappa shape index (κ3) is 2.33. The molecule has 2 N–H and O–H groups in total. The molecular weight excluding hydrogens is 232 g/mol. The smallest absolute Gasteiger partial charge is 0.0859 e. The summed E-state index contributed by atoms with van der Waals surface area (Å²) in [6, 6.07) is 18.3. The van der Waals surface area contributed by atoms with Crippen LogP contribution in [0.5, 0.6) is 0 Å². The average Bonchev–Trinajstić information content (AvgIpc) is 2.46. The zero-order chi connectivity index (χ0) is 13.1. The fourth-order valence-electron chi connectivity index (χ4n) is 2.13. The van der Waals surface area contributed by atoms with Crippen LogP contribution in [0.1, 0.15) is 11.3 Å². The van der Waals surface area contributed by atoms with Gasteiger partial charge in [-0.05, 0) is 34.5 Å².